The van der Waals surface area contributed by atoms with Gasteiger partial charge in [-0.3, -0.25) is 9.59 Å². The van der Waals surface area contributed by atoms with Crippen molar-refractivity contribution < 1.29 is 4.79 Å². The van der Waals surface area contributed by atoms with Crippen molar-refractivity contribution in [2.24, 2.45) is 0 Å². The Hall–Kier alpha value is -2.97. The van der Waals surface area contributed by atoms with E-state index in [9.17, 15) is 9.59 Å². The first-order valence-electron chi connectivity index (χ1n) is 7.34. The van der Waals surface area contributed by atoms with Crippen molar-refractivity contribution in [1.82, 2.24) is 9.55 Å². The standard InChI is InChI=1S/C19H14N2O2S/c1-2-14-8-9-18(23)21(12-14)13-17(22)19-20-11-16(24-19)10-15-6-4-3-5-7-15/h1,3-9,11-12H,10,13H2. The van der Waals surface area contributed by atoms with Gasteiger partial charge in [-0.2, -0.15) is 0 Å². The van der Waals surface area contributed by atoms with Crippen LogP contribution < -0.4 is 5.56 Å². The summed E-state index contributed by atoms with van der Waals surface area (Å²) in [4.78, 5) is 29.4. The van der Waals surface area contributed by atoms with Crippen LogP contribution in [-0.2, 0) is 13.0 Å². The molecule has 0 N–H and O–H groups in total. The summed E-state index contributed by atoms with van der Waals surface area (Å²) in [5, 5.41) is 0.402. The summed E-state index contributed by atoms with van der Waals surface area (Å²) in [5.41, 5.74) is 1.47. The summed E-state index contributed by atoms with van der Waals surface area (Å²) < 4.78 is 1.32. The number of thiazole rings is 1. The second-order valence-corrected chi connectivity index (χ2v) is 6.36. The molecule has 0 aliphatic rings. The summed E-state index contributed by atoms with van der Waals surface area (Å²) >= 11 is 1.35. The van der Waals surface area contributed by atoms with Gasteiger partial charge in [-0.05, 0) is 11.6 Å². The van der Waals surface area contributed by atoms with Crippen LogP contribution >= 0.6 is 11.3 Å². The predicted molar refractivity (Wildman–Crippen MR) is 94.3 cm³/mol. The van der Waals surface area contributed by atoms with Crippen LogP contribution in [-0.4, -0.2) is 15.3 Å². The van der Waals surface area contributed by atoms with Crippen molar-refractivity contribution in [2.75, 3.05) is 0 Å². The van der Waals surface area contributed by atoms with E-state index in [0.717, 1.165) is 16.9 Å². The molecule has 3 aromatic rings. The van der Waals surface area contributed by atoms with Gasteiger partial charge >= 0.3 is 0 Å². The summed E-state index contributed by atoms with van der Waals surface area (Å²) in [6.45, 7) is -0.0629. The van der Waals surface area contributed by atoms with Crippen molar-refractivity contribution >= 4 is 17.1 Å². The van der Waals surface area contributed by atoms with Gasteiger partial charge < -0.3 is 4.57 Å². The minimum atomic E-state index is -0.261. The zero-order valence-electron chi connectivity index (χ0n) is 12.8. The van der Waals surface area contributed by atoms with Gasteiger partial charge in [-0.15, -0.1) is 17.8 Å². The first-order valence-corrected chi connectivity index (χ1v) is 8.16. The van der Waals surface area contributed by atoms with Gasteiger partial charge in [0.2, 0.25) is 5.78 Å². The average Bonchev–Trinajstić information content (AvgIpc) is 3.06. The van der Waals surface area contributed by atoms with Gasteiger partial charge in [0.05, 0.1) is 6.54 Å². The number of aromatic nitrogens is 2. The van der Waals surface area contributed by atoms with E-state index < -0.39 is 0 Å². The number of nitrogens with zero attached hydrogens (tertiary/aromatic N) is 2. The molecule has 3 rings (SSSR count). The molecule has 118 valence electrons. The topological polar surface area (TPSA) is 52.0 Å². The number of carbonyl (C=O) groups excluding carboxylic acids is 1. The van der Waals surface area contributed by atoms with Crippen LogP contribution in [0.4, 0.5) is 0 Å². The van der Waals surface area contributed by atoms with Crippen LogP contribution in [0.2, 0.25) is 0 Å². The molecule has 5 heteroatoms. The van der Waals surface area contributed by atoms with Gasteiger partial charge in [0.15, 0.2) is 5.01 Å². The number of Topliss-reactive ketones (excluding diaryl/α,β-unsaturated/α-hetero) is 1. The third kappa shape index (κ3) is 3.67. The largest absolute Gasteiger partial charge is 0.306 e. The van der Waals surface area contributed by atoms with Gasteiger partial charge in [-0.25, -0.2) is 4.98 Å². The van der Waals surface area contributed by atoms with Crippen molar-refractivity contribution in [2.45, 2.75) is 13.0 Å². The van der Waals surface area contributed by atoms with Crippen molar-refractivity contribution in [1.29, 1.82) is 0 Å². The van der Waals surface area contributed by atoms with E-state index in [2.05, 4.69) is 10.9 Å². The van der Waals surface area contributed by atoms with E-state index >= 15 is 0 Å². The lowest BCUT2D eigenvalue weighted by Crippen LogP contribution is -2.23. The first-order chi connectivity index (χ1) is 11.7. The molecule has 0 spiro atoms. The van der Waals surface area contributed by atoms with E-state index in [1.54, 1.807) is 12.3 Å². The van der Waals surface area contributed by atoms with Gasteiger partial charge in [0.25, 0.3) is 5.56 Å². The highest BCUT2D eigenvalue weighted by atomic mass is 32.1. The fourth-order valence-corrected chi connectivity index (χ4v) is 3.15. The molecule has 0 radical (unpaired) electrons. The molecule has 0 saturated heterocycles. The molecular formula is C19H14N2O2S. The molecule has 0 fully saturated rings. The lowest BCUT2D eigenvalue weighted by atomic mass is 10.1. The normalized spacial score (nSPS) is 10.3. The maximum Gasteiger partial charge on any atom is 0.251 e. The number of ketones is 1. The highest BCUT2D eigenvalue weighted by molar-refractivity contribution is 7.13. The number of hydrogen-bond acceptors (Lipinski definition) is 4. The minimum absolute atomic E-state index is 0.0629. The molecule has 0 bridgehead atoms. The molecule has 0 saturated carbocycles. The van der Waals surface area contributed by atoms with Crippen LogP contribution in [0.3, 0.4) is 0 Å². The van der Waals surface area contributed by atoms with Crippen LogP contribution in [0.25, 0.3) is 0 Å². The first kappa shape index (κ1) is 15.9. The number of rotatable bonds is 5. The Kier molecular flexibility index (Phi) is 4.69. The Morgan fingerprint density at radius 2 is 2.00 bits per heavy atom. The Morgan fingerprint density at radius 1 is 1.21 bits per heavy atom. The number of benzene rings is 1. The van der Waals surface area contributed by atoms with Crippen molar-refractivity contribution in [3.05, 3.63) is 86.2 Å². The Balaban J connectivity index is 1.75. The maximum atomic E-state index is 12.4. The van der Waals surface area contributed by atoms with Crippen LogP contribution in [0.5, 0.6) is 0 Å². The zero-order chi connectivity index (χ0) is 16.9. The van der Waals surface area contributed by atoms with E-state index in [0.29, 0.717) is 10.6 Å². The van der Waals surface area contributed by atoms with Gasteiger partial charge in [0.1, 0.15) is 0 Å². The molecule has 0 atom stereocenters. The molecule has 0 aliphatic carbocycles. The molecule has 0 aliphatic heterocycles. The SMILES string of the molecule is C#Cc1ccc(=O)n(CC(=O)c2ncc(Cc3ccccc3)s2)c1. The molecule has 24 heavy (non-hydrogen) atoms. The Bertz CT molecular complexity index is 965. The fraction of sp³-hybridized carbons (Fsp3) is 0.105. The lowest BCUT2D eigenvalue weighted by molar-refractivity contribution is 0.0970. The van der Waals surface area contributed by atoms with Crippen molar-refractivity contribution in [3.63, 3.8) is 0 Å². The second-order valence-electron chi connectivity index (χ2n) is 5.25. The van der Waals surface area contributed by atoms with Gasteiger partial charge in [0, 0.05) is 35.3 Å². The van der Waals surface area contributed by atoms with E-state index in [4.69, 9.17) is 6.42 Å². The Morgan fingerprint density at radius 3 is 2.75 bits per heavy atom. The maximum absolute atomic E-state index is 12.4. The molecule has 0 amide bonds. The molecular weight excluding hydrogens is 320 g/mol. The highest BCUT2D eigenvalue weighted by Gasteiger charge is 2.13. The number of pyridine rings is 1. The Labute approximate surface area is 143 Å². The second kappa shape index (κ2) is 7.07. The monoisotopic (exact) mass is 334 g/mol. The summed E-state index contributed by atoms with van der Waals surface area (Å²) in [7, 11) is 0. The molecule has 1 aromatic carbocycles. The van der Waals surface area contributed by atoms with Gasteiger partial charge in [-0.1, -0.05) is 36.3 Å². The summed E-state index contributed by atoms with van der Waals surface area (Å²) in [6.07, 6.45) is 9.29. The molecule has 2 heterocycles. The molecule has 0 unspecified atom stereocenters. The summed E-state index contributed by atoms with van der Waals surface area (Å²) in [5.74, 6) is 2.26. The quantitative estimate of drug-likeness (QED) is 0.532. The highest BCUT2D eigenvalue weighted by Crippen LogP contribution is 2.18. The van der Waals surface area contributed by atoms with E-state index in [1.165, 1.54) is 28.2 Å². The van der Waals surface area contributed by atoms with Crippen LogP contribution in [0.15, 0.2) is 59.7 Å². The molecule has 2 aromatic heterocycles. The zero-order valence-corrected chi connectivity index (χ0v) is 13.6. The lowest BCUT2D eigenvalue weighted by Gasteiger charge is -2.03. The minimum Gasteiger partial charge on any atom is -0.306 e. The third-order valence-electron chi connectivity index (χ3n) is 3.48. The fourth-order valence-electron chi connectivity index (χ4n) is 2.28. The number of terminal acetylenes is 1. The van der Waals surface area contributed by atoms with Crippen molar-refractivity contribution in [3.8, 4) is 12.3 Å². The predicted octanol–water partition coefficient (Wildman–Crippen LogP) is 2.76. The van der Waals surface area contributed by atoms with E-state index in [1.807, 2.05) is 30.3 Å². The average molecular weight is 334 g/mol. The molecule has 4 nitrogen and oxygen atoms in total. The van der Waals surface area contributed by atoms with E-state index in [-0.39, 0.29) is 17.9 Å². The van der Waals surface area contributed by atoms with Crippen LogP contribution in [0, 0.1) is 12.3 Å². The number of carbonyl (C=O) groups is 1. The third-order valence-corrected chi connectivity index (χ3v) is 4.52. The smallest absolute Gasteiger partial charge is 0.251 e. The number of hydrogen-bond donors (Lipinski definition) is 0. The van der Waals surface area contributed by atoms with Crippen LogP contribution in [0.1, 0.15) is 25.8 Å². The summed E-state index contributed by atoms with van der Waals surface area (Å²) in [6, 6.07) is 12.9.